The predicted octanol–water partition coefficient (Wildman–Crippen LogP) is 2.76. The fourth-order valence-electron chi connectivity index (χ4n) is 1.28. The SMILES string of the molecule is Cc1ccc(-c2cnc(CCCl)[nH]2)o1. The number of hydrogen-bond acceptors (Lipinski definition) is 2. The summed E-state index contributed by atoms with van der Waals surface area (Å²) in [5, 5.41) is 0. The van der Waals surface area contributed by atoms with Crippen LogP contribution in [0.3, 0.4) is 0 Å². The lowest BCUT2D eigenvalue weighted by atomic mass is 10.3. The third-order valence-electron chi connectivity index (χ3n) is 1.97. The number of aromatic nitrogens is 2. The van der Waals surface area contributed by atoms with E-state index in [1.165, 1.54) is 0 Å². The molecule has 0 radical (unpaired) electrons. The van der Waals surface area contributed by atoms with Gasteiger partial charge in [-0.1, -0.05) is 0 Å². The fraction of sp³-hybridized carbons (Fsp3) is 0.300. The number of rotatable bonds is 3. The summed E-state index contributed by atoms with van der Waals surface area (Å²) in [5.74, 6) is 3.18. The van der Waals surface area contributed by atoms with E-state index in [1.807, 2.05) is 19.1 Å². The van der Waals surface area contributed by atoms with Crippen LogP contribution in [0.2, 0.25) is 0 Å². The maximum atomic E-state index is 5.61. The first-order valence-electron chi connectivity index (χ1n) is 4.46. The molecule has 0 spiro atoms. The zero-order valence-corrected chi connectivity index (χ0v) is 8.64. The largest absolute Gasteiger partial charge is 0.460 e. The van der Waals surface area contributed by atoms with E-state index in [2.05, 4.69) is 9.97 Å². The molecule has 2 heterocycles. The average Bonchev–Trinajstić information content (AvgIpc) is 2.74. The van der Waals surface area contributed by atoms with Gasteiger partial charge in [0.2, 0.25) is 0 Å². The van der Waals surface area contributed by atoms with Gasteiger partial charge in [-0.05, 0) is 19.1 Å². The number of nitrogens with zero attached hydrogens (tertiary/aromatic N) is 1. The van der Waals surface area contributed by atoms with Crippen LogP contribution in [0.5, 0.6) is 0 Å². The summed E-state index contributed by atoms with van der Waals surface area (Å²) in [6.07, 6.45) is 2.52. The van der Waals surface area contributed by atoms with Crippen molar-refractivity contribution in [3.05, 3.63) is 29.9 Å². The third kappa shape index (κ3) is 1.82. The molecule has 0 bridgehead atoms. The van der Waals surface area contributed by atoms with Crippen LogP contribution in [0.25, 0.3) is 11.5 Å². The Morgan fingerprint density at radius 1 is 1.50 bits per heavy atom. The van der Waals surface area contributed by atoms with Crippen molar-refractivity contribution < 1.29 is 4.42 Å². The van der Waals surface area contributed by atoms with E-state index in [1.54, 1.807) is 6.20 Å². The van der Waals surface area contributed by atoms with Crippen LogP contribution in [0, 0.1) is 6.92 Å². The van der Waals surface area contributed by atoms with Crippen molar-refractivity contribution in [1.82, 2.24) is 9.97 Å². The summed E-state index contributed by atoms with van der Waals surface area (Å²) in [5.41, 5.74) is 0.901. The Labute approximate surface area is 87.1 Å². The first kappa shape index (κ1) is 9.34. The van der Waals surface area contributed by atoms with Crippen LogP contribution >= 0.6 is 11.6 Å². The van der Waals surface area contributed by atoms with Crippen LogP contribution in [0.1, 0.15) is 11.6 Å². The van der Waals surface area contributed by atoms with Crippen LogP contribution in [-0.2, 0) is 6.42 Å². The Morgan fingerprint density at radius 2 is 2.36 bits per heavy atom. The molecule has 0 saturated carbocycles. The molecule has 0 aromatic carbocycles. The van der Waals surface area contributed by atoms with Gasteiger partial charge in [-0.15, -0.1) is 11.6 Å². The predicted molar refractivity (Wildman–Crippen MR) is 55.5 cm³/mol. The van der Waals surface area contributed by atoms with E-state index in [-0.39, 0.29) is 0 Å². The summed E-state index contributed by atoms with van der Waals surface area (Å²) in [4.78, 5) is 7.35. The maximum Gasteiger partial charge on any atom is 0.152 e. The summed E-state index contributed by atoms with van der Waals surface area (Å²) in [6, 6.07) is 3.85. The summed E-state index contributed by atoms with van der Waals surface area (Å²) in [6.45, 7) is 1.92. The molecule has 0 aliphatic carbocycles. The Hall–Kier alpha value is -1.22. The third-order valence-corrected chi connectivity index (χ3v) is 2.15. The van der Waals surface area contributed by atoms with Crippen LogP contribution in [0.15, 0.2) is 22.7 Å². The van der Waals surface area contributed by atoms with Gasteiger partial charge in [0.15, 0.2) is 5.76 Å². The second-order valence-electron chi connectivity index (χ2n) is 3.09. The molecule has 0 atom stereocenters. The minimum absolute atomic E-state index is 0.574. The summed E-state index contributed by atoms with van der Waals surface area (Å²) < 4.78 is 5.46. The molecule has 2 aromatic rings. The molecule has 4 heteroatoms. The molecule has 0 saturated heterocycles. The molecule has 0 amide bonds. The fourth-order valence-corrected chi connectivity index (χ4v) is 1.46. The molecule has 14 heavy (non-hydrogen) atoms. The smallest absolute Gasteiger partial charge is 0.152 e. The molecular formula is C10H11ClN2O. The van der Waals surface area contributed by atoms with E-state index in [4.69, 9.17) is 16.0 Å². The summed E-state index contributed by atoms with van der Waals surface area (Å²) in [7, 11) is 0. The Morgan fingerprint density at radius 3 is 3.00 bits per heavy atom. The highest BCUT2D eigenvalue weighted by atomic mass is 35.5. The van der Waals surface area contributed by atoms with Crippen molar-refractivity contribution >= 4 is 11.6 Å². The number of nitrogens with one attached hydrogen (secondary N) is 1. The standard InChI is InChI=1S/C10H11ClN2O/c1-7-2-3-9(14-7)8-6-12-10(13-8)4-5-11/h2-3,6H,4-5H2,1H3,(H,12,13). The van der Waals surface area contributed by atoms with Gasteiger partial charge in [0.1, 0.15) is 17.3 Å². The minimum atomic E-state index is 0.574. The number of halogens is 1. The van der Waals surface area contributed by atoms with Gasteiger partial charge < -0.3 is 9.40 Å². The number of H-pyrrole nitrogens is 1. The molecule has 2 rings (SSSR count). The second-order valence-corrected chi connectivity index (χ2v) is 3.47. The lowest BCUT2D eigenvalue weighted by molar-refractivity contribution is 0.546. The Bertz CT molecular complexity index is 419. The second kappa shape index (κ2) is 3.88. The number of hydrogen-bond donors (Lipinski definition) is 1. The van der Waals surface area contributed by atoms with Gasteiger partial charge >= 0.3 is 0 Å². The molecule has 0 unspecified atom stereocenters. The minimum Gasteiger partial charge on any atom is -0.460 e. The maximum absolute atomic E-state index is 5.61. The number of imidazole rings is 1. The molecule has 0 fully saturated rings. The van der Waals surface area contributed by atoms with Crippen molar-refractivity contribution in [2.45, 2.75) is 13.3 Å². The average molecular weight is 211 g/mol. The van der Waals surface area contributed by atoms with E-state index in [0.29, 0.717) is 5.88 Å². The quantitative estimate of drug-likeness (QED) is 0.792. The molecule has 0 aliphatic rings. The van der Waals surface area contributed by atoms with E-state index < -0.39 is 0 Å². The molecule has 74 valence electrons. The molecule has 2 aromatic heterocycles. The van der Waals surface area contributed by atoms with E-state index >= 15 is 0 Å². The number of aryl methyl sites for hydroxylation is 2. The van der Waals surface area contributed by atoms with Gasteiger partial charge in [0.05, 0.1) is 6.20 Å². The lowest BCUT2D eigenvalue weighted by Crippen LogP contribution is -1.87. The molecule has 0 aliphatic heterocycles. The Balaban J connectivity index is 2.24. The monoisotopic (exact) mass is 210 g/mol. The molecule has 1 N–H and O–H groups in total. The highest BCUT2D eigenvalue weighted by Crippen LogP contribution is 2.19. The van der Waals surface area contributed by atoms with Gasteiger partial charge in [0, 0.05) is 12.3 Å². The topological polar surface area (TPSA) is 41.8 Å². The summed E-state index contributed by atoms with van der Waals surface area (Å²) >= 11 is 5.61. The van der Waals surface area contributed by atoms with Crippen molar-refractivity contribution in [3.8, 4) is 11.5 Å². The number of aromatic amines is 1. The van der Waals surface area contributed by atoms with Crippen LogP contribution < -0.4 is 0 Å². The first-order chi connectivity index (χ1) is 6.79. The van der Waals surface area contributed by atoms with E-state index in [9.17, 15) is 0 Å². The van der Waals surface area contributed by atoms with Crippen LogP contribution in [0.4, 0.5) is 0 Å². The highest BCUT2D eigenvalue weighted by molar-refractivity contribution is 6.17. The molecular weight excluding hydrogens is 200 g/mol. The van der Waals surface area contributed by atoms with Gasteiger partial charge in [-0.3, -0.25) is 0 Å². The number of furan rings is 1. The molecule has 3 nitrogen and oxygen atoms in total. The van der Waals surface area contributed by atoms with Crippen molar-refractivity contribution in [2.75, 3.05) is 5.88 Å². The number of alkyl halides is 1. The lowest BCUT2D eigenvalue weighted by Gasteiger charge is -1.90. The zero-order chi connectivity index (χ0) is 9.97. The van der Waals surface area contributed by atoms with E-state index in [0.717, 1.165) is 29.5 Å². The van der Waals surface area contributed by atoms with Gasteiger partial charge in [0.25, 0.3) is 0 Å². The van der Waals surface area contributed by atoms with Gasteiger partial charge in [-0.25, -0.2) is 4.98 Å². The highest BCUT2D eigenvalue weighted by Gasteiger charge is 2.05. The normalized spacial score (nSPS) is 10.7. The van der Waals surface area contributed by atoms with Crippen LogP contribution in [-0.4, -0.2) is 15.8 Å². The zero-order valence-electron chi connectivity index (χ0n) is 7.88. The van der Waals surface area contributed by atoms with Crippen molar-refractivity contribution in [2.24, 2.45) is 0 Å². The van der Waals surface area contributed by atoms with Crippen molar-refractivity contribution in [3.63, 3.8) is 0 Å². The van der Waals surface area contributed by atoms with Crippen molar-refractivity contribution in [1.29, 1.82) is 0 Å². The Kier molecular flexibility index (Phi) is 2.59. The van der Waals surface area contributed by atoms with Gasteiger partial charge in [-0.2, -0.15) is 0 Å². The first-order valence-corrected chi connectivity index (χ1v) is 4.99.